The molecule has 4 rings (SSSR count). The maximum Gasteiger partial charge on any atom is 0.240 e. The van der Waals surface area contributed by atoms with Gasteiger partial charge < -0.3 is 4.74 Å². The average molecular weight is 397 g/mol. The van der Waals surface area contributed by atoms with Gasteiger partial charge in [0.05, 0.1) is 18.1 Å². The molecule has 0 unspecified atom stereocenters. The Morgan fingerprint density at radius 2 is 1.57 bits per heavy atom. The number of fused-ring (bicyclic) bond motifs is 1. The lowest BCUT2D eigenvalue weighted by Crippen LogP contribution is -2.43. The Bertz CT molecular complexity index is 1030. The summed E-state index contributed by atoms with van der Waals surface area (Å²) in [5.41, 5.74) is 1.10. The summed E-state index contributed by atoms with van der Waals surface area (Å²) >= 11 is 0. The van der Waals surface area contributed by atoms with Gasteiger partial charge >= 0.3 is 0 Å². The Balaban J connectivity index is 1.56. The molecule has 0 amide bonds. The van der Waals surface area contributed by atoms with Crippen LogP contribution in [0.5, 0.6) is 0 Å². The van der Waals surface area contributed by atoms with E-state index in [2.05, 4.69) is 9.62 Å². The van der Waals surface area contributed by atoms with Crippen LogP contribution in [0.4, 0.5) is 0 Å². The summed E-state index contributed by atoms with van der Waals surface area (Å²) in [6, 6.07) is 23.0. The first-order chi connectivity index (χ1) is 13.6. The molecule has 0 spiro atoms. The minimum atomic E-state index is -3.60. The van der Waals surface area contributed by atoms with Crippen LogP contribution in [0.25, 0.3) is 10.8 Å². The number of benzene rings is 3. The van der Waals surface area contributed by atoms with Crippen molar-refractivity contribution < 1.29 is 13.2 Å². The van der Waals surface area contributed by atoms with Gasteiger partial charge in [-0.15, -0.1) is 0 Å². The fraction of sp³-hybridized carbons (Fsp3) is 0.273. The van der Waals surface area contributed by atoms with Gasteiger partial charge in [0, 0.05) is 25.7 Å². The summed E-state index contributed by atoms with van der Waals surface area (Å²) in [4.78, 5) is 2.57. The van der Waals surface area contributed by atoms with Crippen molar-refractivity contribution in [1.29, 1.82) is 0 Å². The van der Waals surface area contributed by atoms with Crippen LogP contribution in [0.3, 0.4) is 0 Å². The van der Waals surface area contributed by atoms with E-state index in [1.807, 2.05) is 60.7 Å². The summed E-state index contributed by atoms with van der Waals surface area (Å²) in [5, 5.41) is 1.94. The van der Waals surface area contributed by atoms with Gasteiger partial charge in [-0.2, -0.15) is 0 Å². The molecule has 6 heteroatoms. The van der Waals surface area contributed by atoms with Crippen LogP contribution in [0.15, 0.2) is 77.7 Å². The second kappa shape index (κ2) is 8.41. The Morgan fingerprint density at radius 3 is 2.32 bits per heavy atom. The van der Waals surface area contributed by atoms with Crippen LogP contribution in [-0.4, -0.2) is 46.2 Å². The Labute approximate surface area is 166 Å². The van der Waals surface area contributed by atoms with Crippen LogP contribution < -0.4 is 4.72 Å². The topological polar surface area (TPSA) is 58.6 Å². The molecule has 1 atom stereocenters. The molecular formula is C22H24N2O3S. The molecule has 1 aliphatic rings. The fourth-order valence-corrected chi connectivity index (χ4v) is 4.70. The van der Waals surface area contributed by atoms with Gasteiger partial charge in [-0.3, -0.25) is 4.90 Å². The van der Waals surface area contributed by atoms with E-state index in [4.69, 9.17) is 4.74 Å². The molecule has 5 nitrogen and oxygen atoms in total. The second-order valence-corrected chi connectivity index (χ2v) is 8.70. The number of ether oxygens (including phenoxy) is 1. The molecule has 0 aliphatic carbocycles. The van der Waals surface area contributed by atoms with Crippen molar-refractivity contribution >= 4 is 20.8 Å². The fourth-order valence-electron chi connectivity index (χ4n) is 3.63. The zero-order valence-electron chi connectivity index (χ0n) is 15.6. The van der Waals surface area contributed by atoms with Gasteiger partial charge in [-0.1, -0.05) is 60.7 Å². The summed E-state index contributed by atoms with van der Waals surface area (Å²) in [6.07, 6.45) is 0. The van der Waals surface area contributed by atoms with Crippen molar-refractivity contribution in [1.82, 2.24) is 9.62 Å². The summed E-state index contributed by atoms with van der Waals surface area (Å²) in [7, 11) is -3.60. The van der Waals surface area contributed by atoms with Gasteiger partial charge in [-0.25, -0.2) is 13.1 Å². The van der Waals surface area contributed by atoms with Gasteiger partial charge in [0.25, 0.3) is 0 Å². The van der Waals surface area contributed by atoms with Gasteiger partial charge in [0.1, 0.15) is 0 Å². The normalized spacial score (nSPS) is 16.9. The first-order valence-corrected chi connectivity index (χ1v) is 11.0. The van der Waals surface area contributed by atoms with Crippen molar-refractivity contribution in [3.63, 3.8) is 0 Å². The van der Waals surface area contributed by atoms with Crippen molar-refractivity contribution in [2.45, 2.75) is 10.9 Å². The molecule has 28 heavy (non-hydrogen) atoms. The van der Waals surface area contributed by atoms with Crippen LogP contribution >= 0.6 is 0 Å². The van der Waals surface area contributed by atoms with Crippen molar-refractivity contribution in [2.24, 2.45) is 0 Å². The van der Waals surface area contributed by atoms with Crippen molar-refractivity contribution in [3.8, 4) is 0 Å². The van der Waals surface area contributed by atoms with Crippen LogP contribution in [-0.2, 0) is 14.8 Å². The summed E-state index contributed by atoms with van der Waals surface area (Å²) < 4.78 is 34.2. The lowest BCUT2D eigenvalue weighted by Gasteiger charge is -2.34. The molecule has 1 aliphatic heterocycles. The first kappa shape index (κ1) is 19.1. The average Bonchev–Trinajstić information content (AvgIpc) is 2.75. The second-order valence-electron chi connectivity index (χ2n) is 6.94. The molecule has 1 saturated heterocycles. The number of rotatable bonds is 6. The zero-order chi connectivity index (χ0) is 19.4. The zero-order valence-corrected chi connectivity index (χ0v) is 16.4. The lowest BCUT2D eigenvalue weighted by atomic mass is 10.1. The number of sulfonamides is 1. The molecule has 1 N–H and O–H groups in total. The molecule has 1 heterocycles. The van der Waals surface area contributed by atoms with E-state index in [9.17, 15) is 8.42 Å². The summed E-state index contributed by atoms with van der Waals surface area (Å²) in [5.74, 6) is 0. The van der Waals surface area contributed by atoms with E-state index in [0.717, 1.165) is 29.4 Å². The van der Waals surface area contributed by atoms with E-state index < -0.39 is 10.0 Å². The first-order valence-electron chi connectivity index (χ1n) is 9.49. The molecule has 1 fully saturated rings. The molecule has 0 radical (unpaired) electrons. The molecule has 0 bridgehead atoms. The molecular weight excluding hydrogens is 372 g/mol. The van der Waals surface area contributed by atoms with Gasteiger partial charge in [0.2, 0.25) is 10.0 Å². The van der Waals surface area contributed by atoms with Crippen LogP contribution in [0.2, 0.25) is 0 Å². The standard InChI is InChI=1S/C22H24N2O3S/c25-28(26,21-11-10-18-6-4-5-9-20(18)16-21)23-17-22(19-7-2-1-3-8-19)24-12-14-27-15-13-24/h1-11,16,22-23H,12-15,17H2/t22-/m0/s1. The minimum Gasteiger partial charge on any atom is -0.379 e. The Kier molecular flexibility index (Phi) is 5.73. The molecule has 3 aromatic carbocycles. The summed E-state index contributed by atoms with van der Waals surface area (Å²) in [6.45, 7) is 3.23. The van der Waals surface area contributed by atoms with E-state index in [1.165, 1.54) is 0 Å². The van der Waals surface area contributed by atoms with Crippen molar-refractivity contribution in [3.05, 3.63) is 78.4 Å². The SMILES string of the molecule is O=S(=O)(NC[C@@H](c1ccccc1)N1CCOCC1)c1ccc2ccccc2c1. The number of nitrogens with one attached hydrogen (secondary N) is 1. The maximum atomic E-state index is 12.9. The molecule has 0 aromatic heterocycles. The molecule has 3 aromatic rings. The molecule has 0 saturated carbocycles. The third-order valence-electron chi connectivity index (χ3n) is 5.17. The highest BCUT2D eigenvalue weighted by atomic mass is 32.2. The van der Waals surface area contributed by atoms with E-state index in [0.29, 0.717) is 24.7 Å². The van der Waals surface area contributed by atoms with E-state index >= 15 is 0 Å². The highest BCUT2D eigenvalue weighted by molar-refractivity contribution is 7.89. The monoisotopic (exact) mass is 396 g/mol. The maximum absolute atomic E-state index is 12.9. The highest BCUT2D eigenvalue weighted by Gasteiger charge is 2.25. The van der Waals surface area contributed by atoms with E-state index in [1.54, 1.807) is 12.1 Å². The number of nitrogens with zero attached hydrogens (tertiary/aromatic N) is 1. The lowest BCUT2D eigenvalue weighted by molar-refractivity contribution is 0.0172. The Morgan fingerprint density at radius 1 is 0.893 bits per heavy atom. The minimum absolute atomic E-state index is 0.0275. The highest BCUT2D eigenvalue weighted by Crippen LogP contribution is 2.23. The smallest absolute Gasteiger partial charge is 0.240 e. The predicted molar refractivity (Wildman–Crippen MR) is 111 cm³/mol. The largest absolute Gasteiger partial charge is 0.379 e. The third kappa shape index (κ3) is 4.25. The third-order valence-corrected chi connectivity index (χ3v) is 6.59. The quantitative estimate of drug-likeness (QED) is 0.695. The number of hydrogen-bond donors (Lipinski definition) is 1. The van der Waals surface area contributed by atoms with Crippen molar-refractivity contribution in [2.75, 3.05) is 32.8 Å². The molecule has 146 valence electrons. The predicted octanol–water partition coefficient (Wildman–Crippen LogP) is 3.19. The number of hydrogen-bond acceptors (Lipinski definition) is 4. The van der Waals surface area contributed by atoms with E-state index in [-0.39, 0.29) is 6.04 Å². The van der Waals surface area contributed by atoms with Gasteiger partial charge in [-0.05, 0) is 28.5 Å². The van der Waals surface area contributed by atoms with Gasteiger partial charge in [0.15, 0.2) is 0 Å². The van der Waals surface area contributed by atoms with Crippen LogP contribution in [0.1, 0.15) is 11.6 Å². The Hall–Kier alpha value is -2.25. The van der Waals surface area contributed by atoms with Crippen LogP contribution in [0, 0.1) is 0 Å². The number of morpholine rings is 1.